The van der Waals surface area contributed by atoms with Crippen LogP contribution in [-0.2, 0) is 9.47 Å². The van der Waals surface area contributed by atoms with Gasteiger partial charge in [-0.15, -0.1) is 0 Å². The summed E-state index contributed by atoms with van der Waals surface area (Å²) in [5.74, 6) is 0. The first kappa shape index (κ1) is 17.5. The monoisotopic (exact) mass is 312 g/mol. The van der Waals surface area contributed by atoms with Crippen molar-refractivity contribution in [3.05, 3.63) is 0 Å². The summed E-state index contributed by atoms with van der Waals surface area (Å²) in [6.07, 6.45) is 4.10. The molecule has 128 valence electrons. The zero-order valence-corrected chi connectivity index (χ0v) is 14.6. The highest BCUT2D eigenvalue weighted by molar-refractivity contribution is 5.68. The van der Waals surface area contributed by atoms with E-state index in [0.29, 0.717) is 11.5 Å². The Balaban J connectivity index is 1.70. The lowest BCUT2D eigenvalue weighted by atomic mass is 9.82. The normalized spacial score (nSPS) is 23.4. The molecule has 1 amide bonds. The Hall–Kier alpha value is -0.810. The molecule has 0 bridgehead atoms. The van der Waals surface area contributed by atoms with Crippen LogP contribution in [0.4, 0.5) is 4.79 Å². The summed E-state index contributed by atoms with van der Waals surface area (Å²) in [6.45, 7) is 12.5. The van der Waals surface area contributed by atoms with Crippen LogP contribution in [0.3, 0.4) is 0 Å². The number of ether oxygens (including phenoxy) is 2. The summed E-state index contributed by atoms with van der Waals surface area (Å²) in [7, 11) is 0. The third-order valence-electron chi connectivity index (χ3n) is 4.66. The molecule has 5 nitrogen and oxygen atoms in total. The van der Waals surface area contributed by atoms with Crippen LogP contribution in [0.15, 0.2) is 0 Å². The van der Waals surface area contributed by atoms with Crippen LogP contribution >= 0.6 is 0 Å². The predicted octanol–water partition coefficient (Wildman–Crippen LogP) is 2.79. The van der Waals surface area contributed by atoms with Gasteiger partial charge in [-0.3, -0.25) is 0 Å². The van der Waals surface area contributed by atoms with Crippen LogP contribution in [-0.4, -0.2) is 55.5 Å². The summed E-state index contributed by atoms with van der Waals surface area (Å²) in [4.78, 5) is 13.9. The third kappa shape index (κ3) is 5.43. The number of carbonyl (C=O) groups is 1. The van der Waals surface area contributed by atoms with Gasteiger partial charge in [-0.1, -0.05) is 6.92 Å². The molecule has 2 fully saturated rings. The Morgan fingerprint density at radius 2 is 1.86 bits per heavy atom. The van der Waals surface area contributed by atoms with Gasteiger partial charge in [0, 0.05) is 38.9 Å². The minimum atomic E-state index is -0.413. The Bertz CT molecular complexity index is 365. The van der Waals surface area contributed by atoms with Crippen molar-refractivity contribution in [1.29, 1.82) is 0 Å². The molecule has 0 unspecified atom stereocenters. The van der Waals surface area contributed by atoms with E-state index in [1.165, 1.54) is 0 Å². The van der Waals surface area contributed by atoms with Crippen molar-refractivity contribution in [3.63, 3.8) is 0 Å². The quantitative estimate of drug-likeness (QED) is 0.870. The highest BCUT2D eigenvalue weighted by Crippen LogP contribution is 2.29. The fourth-order valence-electron chi connectivity index (χ4n) is 3.02. The summed E-state index contributed by atoms with van der Waals surface area (Å²) in [5.41, 5.74) is -0.0512. The summed E-state index contributed by atoms with van der Waals surface area (Å²) < 4.78 is 10.9. The van der Waals surface area contributed by atoms with E-state index in [1.807, 2.05) is 25.7 Å². The fraction of sp³-hybridized carbons (Fsp3) is 0.941. The average Bonchev–Trinajstić information content (AvgIpc) is 2.45. The van der Waals surface area contributed by atoms with E-state index in [2.05, 4.69) is 12.2 Å². The van der Waals surface area contributed by atoms with E-state index < -0.39 is 5.60 Å². The number of piperidine rings is 1. The number of hydrogen-bond acceptors (Lipinski definition) is 4. The van der Waals surface area contributed by atoms with Gasteiger partial charge in [0.15, 0.2) is 0 Å². The molecule has 1 N–H and O–H groups in total. The lowest BCUT2D eigenvalue weighted by Gasteiger charge is -2.38. The smallest absolute Gasteiger partial charge is 0.410 e. The maximum absolute atomic E-state index is 12.0. The molecule has 0 spiro atoms. The number of nitrogens with zero attached hydrogens (tertiary/aromatic N) is 1. The van der Waals surface area contributed by atoms with E-state index >= 15 is 0 Å². The molecule has 0 saturated carbocycles. The first-order valence-electron chi connectivity index (χ1n) is 8.57. The largest absolute Gasteiger partial charge is 0.444 e. The van der Waals surface area contributed by atoms with Gasteiger partial charge in [0.25, 0.3) is 0 Å². The number of rotatable bonds is 3. The Labute approximate surface area is 134 Å². The highest BCUT2D eigenvalue weighted by atomic mass is 16.6. The van der Waals surface area contributed by atoms with Crippen LogP contribution in [0.25, 0.3) is 0 Å². The second-order valence-corrected chi connectivity index (χ2v) is 8.05. The van der Waals surface area contributed by atoms with Crippen molar-refractivity contribution in [3.8, 4) is 0 Å². The van der Waals surface area contributed by atoms with Crippen LogP contribution in [0.5, 0.6) is 0 Å². The van der Waals surface area contributed by atoms with Crippen molar-refractivity contribution >= 4 is 6.09 Å². The van der Waals surface area contributed by atoms with E-state index in [-0.39, 0.29) is 6.09 Å². The summed E-state index contributed by atoms with van der Waals surface area (Å²) in [6, 6.07) is 0.512. The van der Waals surface area contributed by atoms with Gasteiger partial charge < -0.3 is 19.7 Å². The van der Waals surface area contributed by atoms with Gasteiger partial charge in [-0.05, 0) is 51.9 Å². The average molecular weight is 312 g/mol. The molecule has 0 aromatic heterocycles. The highest BCUT2D eigenvalue weighted by Gasteiger charge is 2.30. The maximum Gasteiger partial charge on any atom is 0.410 e. The zero-order chi connectivity index (χ0) is 16.2. The molecule has 2 aliphatic heterocycles. The minimum Gasteiger partial charge on any atom is -0.444 e. The first-order chi connectivity index (χ1) is 10.3. The molecule has 0 aliphatic carbocycles. The number of carbonyl (C=O) groups excluding carboxylic acids is 1. The van der Waals surface area contributed by atoms with Crippen LogP contribution in [0.1, 0.15) is 53.4 Å². The van der Waals surface area contributed by atoms with Gasteiger partial charge in [0.1, 0.15) is 5.60 Å². The van der Waals surface area contributed by atoms with Gasteiger partial charge in [-0.25, -0.2) is 4.79 Å². The van der Waals surface area contributed by atoms with E-state index in [4.69, 9.17) is 9.47 Å². The molecule has 2 rings (SSSR count). The molecular weight excluding hydrogens is 280 g/mol. The maximum atomic E-state index is 12.0. The van der Waals surface area contributed by atoms with Gasteiger partial charge in [-0.2, -0.15) is 0 Å². The lowest BCUT2D eigenvalue weighted by Crippen LogP contribution is -2.48. The number of hydrogen-bond donors (Lipinski definition) is 1. The minimum absolute atomic E-state index is 0.178. The number of nitrogens with one attached hydrogen (secondary N) is 1. The molecule has 22 heavy (non-hydrogen) atoms. The second kappa shape index (κ2) is 7.18. The molecule has 2 heterocycles. The second-order valence-electron chi connectivity index (χ2n) is 8.05. The lowest BCUT2D eigenvalue weighted by molar-refractivity contribution is 0.0146. The third-order valence-corrected chi connectivity index (χ3v) is 4.66. The standard InChI is InChI=1S/C17H32N2O3/c1-16(2,3)22-15(20)19-9-5-14(6-10-19)18-13-17(4)7-11-21-12-8-17/h14,18H,5-13H2,1-4H3. The van der Waals surface area contributed by atoms with E-state index in [1.54, 1.807) is 0 Å². The number of likely N-dealkylation sites (tertiary alicyclic amines) is 1. The van der Waals surface area contributed by atoms with Gasteiger partial charge in [0.05, 0.1) is 0 Å². The molecule has 2 aliphatic rings. The summed E-state index contributed by atoms with van der Waals surface area (Å²) >= 11 is 0. The molecule has 2 saturated heterocycles. The Morgan fingerprint density at radius 1 is 1.27 bits per heavy atom. The molecule has 0 atom stereocenters. The number of amides is 1. The molecule has 5 heteroatoms. The van der Waals surface area contributed by atoms with E-state index in [0.717, 1.165) is 58.5 Å². The topological polar surface area (TPSA) is 50.8 Å². The predicted molar refractivity (Wildman–Crippen MR) is 87.0 cm³/mol. The van der Waals surface area contributed by atoms with Crippen LogP contribution in [0.2, 0.25) is 0 Å². The Morgan fingerprint density at radius 3 is 2.41 bits per heavy atom. The van der Waals surface area contributed by atoms with Crippen LogP contribution < -0.4 is 5.32 Å². The molecule has 0 aromatic rings. The van der Waals surface area contributed by atoms with Gasteiger partial charge >= 0.3 is 6.09 Å². The SMILES string of the molecule is CC1(CNC2CCN(C(=O)OC(C)(C)C)CC2)CCOCC1. The van der Waals surface area contributed by atoms with Gasteiger partial charge in [0.2, 0.25) is 0 Å². The van der Waals surface area contributed by atoms with Crippen molar-refractivity contribution in [1.82, 2.24) is 10.2 Å². The van der Waals surface area contributed by atoms with E-state index in [9.17, 15) is 4.79 Å². The van der Waals surface area contributed by atoms with Crippen molar-refractivity contribution in [2.75, 3.05) is 32.8 Å². The van der Waals surface area contributed by atoms with Crippen molar-refractivity contribution < 1.29 is 14.3 Å². The summed E-state index contributed by atoms with van der Waals surface area (Å²) in [5, 5.41) is 3.71. The zero-order valence-electron chi connectivity index (χ0n) is 14.6. The fourth-order valence-corrected chi connectivity index (χ4v) is 3.02. The molecular formula is C17H32N2O3. The molecule has 0 radical (unpaired) electrons. The van der Waals surface area contributed by atoms with Crippen molar-refractivity contribution in [2.24, 2.45) is 5.41 Å². The van der Waals surface area contributed by atoms with Crippen LogP contribution in [0, 0.1) is 5.41 Å². The van der Waals surface area contributed by atoms with Crippen molar-refractivity contribution in [2.45, 2.75) is 65.0 Å². The molecule has 0 aromatic carbocycles. The Kier molecular flexibility index (Phi) is 5.72. The first-order valence-corrected chi connectivity index (χ1v) is 8.57.